The van der Waals surface area contributed by atoms with Gasteiger partial charge >= 0.3 is 42.0 Å². The number of aromatic nitrogens is 1. The van der Waals surface area contributed by atoms with Gasteiger partial charge in [-0.15, -0.1) is 0 Å². The number of pyridine rings is 1. The first-order valence-electron chi connectivity index (χ1n) is 14.9. The van der Waals surface area contributed by atoms with Gasteiger partial charge in [0.2, 0.25) is 6.10 Å². The molecular weight excluding hydrogens is 642 g/mol. The summed E-state index contributed by atoms with van der Waals surface area (Å²) in [6.45, 7) is 5.83. The van der Waals surface area contributed by atoms with Crippen molar-refractivity contribution in [1.29, 1.82) is 0 Å². The van der Waals surface area contributed by atoms with Crippen molar-refractivity contribution in [3.8, 4) is 17.2 Å². The van der Waals surface area contributed by atoms with Crippen molar-refractivity contribution < 1.29 is 66.5 Å². The number of rotatable bonds is 11. The van der Waals surface area contributed by atoms with Crippen LogP contribution in [0.2, 0.25) is 0 Å². The molecule has 0 aliphatic carbocycles. The monoisotopic (exact) mass is 676 g/mol. The van der Waals surface area contributed by atoms with Gasteiger partial charge in [-0.1, -0.05) is 24.3 Å². The summed E-state index contributed by atoms with van der Waals surface area (Å²) >= 11 is 0. The van der Waals surface area contributed by atoms with Gasteiger partial charge in [-0.3, -0.25) is 24.0 Å². The fraction of sp³-hybridized carbons (Fsp3) is 0.286. The second-order valence-electron chi connectivity index (χ2n) is 10.8. The summed E-state index contributed by atoms with van der Waals surface area (Å²) in [5.41, 5.74) is 1.46. The summed E-state index contributed by atoms with van der Waals surface area (Å²) in [7, 11) is 0. The van der Waals surface area contributed by atoms with E-state index in [1.807, 2.05) is 0 Å². The molecule has 14 nitrogen and oxygen atoms in total. The van der Waals surface area contributed by atoms with Crippen molar-refractivity contribution in [1.82, 2.24) is 0 Å². The molecule has 0 radical (unpaired) electrons. The lowest BCUT2D eigenvalue weighted by molar-refractivity contribution is -0.765. The second-order valence-corrected chi connectivity index (χ2v) is 10.8. The third-order valence-corrected chi connectivity index (χ3v) is 6.68. The summed E-state index contributed by atoms with van der Waals surface area (Å²) < 4.78 is 39.3. The Morgan fingerprint density at radius 3 is 1.84 bits per heavy atom. The Balaban J connectivity index is 1.49. The van der Waals surface area contributed by atoms with Gasteiger partial charge in [-0.25, -0.2) is 4.79 Å². The van der Waals surface area contributed by atoms with Crippen LogP contribution in [0.5, 0.6) is 17.2 Å². The minimum absolute atomic E-state index is 0.125. The van der Waals surface area contributed by atoms with Gasteiger partial charge in [-0.05, 0) is 41.5 Å². The molecule has 0 amide bonds. The van der Waals surface area contributed by atoms with E-state index in [9.17, 15) is 28.8 Å². The van der Waals surface area contributed by atoms with Crippen LogP contribution in [-0.4, -0.2) is 60.7 Å². The van der Waals surface area contributed by atoms with Crippen LogP contribution in [0.25, 0.3) is 12.2 Å². The normalized spacial score (nSPS) is 18.3. The van der Waals surface area contributed by atoms with Crippen LogP contribution >= 0.6 is 0 Å². The maximum atomic E-state index is 13.1. The highest BCUT2D eigenvalue weighted by atomic mass is 16.7. The average Bonchev–Trinajstić information content (AvgIpc) is 3.34. The molecule has 1 fully saturated rings. The summed E-state index contributed by atoms with van der Waals surface area (Å²) in [5, 5.41) is 0. The van der Waals surface area contributed by atoms with Gasteiger partial charge in [0.1, 0.15) is 35.5 Å². The number of ether oxygens (including phenoxy) is 7. The second kappa shape index (κ2) is 16.3. The van der Waals surface area contributed by atoms with Crippen LogP contribution in [0.15, 0.2) is 67.0 Å². The Bertz CT molecular complexity index is 1730. The summed E-state index contributed by atoms with van der Waals surface area (Å²) in [6, 6.07) is 14.3. The summed E-state index contributed by atoms with van der Waals surface area (Å²) in [4.78, 5) is 71.2. The molecule has 1 aromatic heterocycles. The van der Waals surface area contributed by atoms with Crippen LogP contribution in [0.1, 0.15) is 62.3 Å². The van der Waals surface area contributed by atoms with E-state index in [0.717, 1.165) is 5.56 Å². The van der Waals surface area contributed by atoms with E-state index >= 15 is 0 Å². The van der Waals surface area contributed by atoms with Crippen molar-refractivity contribution in [2.24, 2.45) is 0 Å². The van der Waals surface area contributed by atoms with E-state index in [0.29, 0.717) is 5.56 Å². The van der Waals surface area contributed by atoms with Gasteiger partial charge in [0, 0.05) is 46.8 Å². The molecule has 1 aliphatic heterocycles. The first-order valence-corrected chi connectivity index (χ1v) is 14.9. The Morgan fingerprint density at radius 2 is 1.27 bits per heavy atom. The van der Waals surface area contributed by atoms with E-state index in [2.05, 4.69) is 0 Å². The first-order chi connectivity index (χ1) is 23.3. The van der Waals surface area contributed by atoms with Gasteiger partial charge in [0.25, 0.3) is 0 Å². The molecule has 0 N–H and O–H groups in total. The van der Waals surface area contributed by atoms with Gasteiger partial charge < -0.3 is 33.2 Å². The molecule has 0 spiro atoms. The molecule has 0 bridgehead atoms. The maximum absolute atomic E-state index is 13.1. The number of hydrogen-bond acceptors (Lipinski definition) is 13. The summed E-state index contributed by atoms with van der Waals surface area (Å²) in [6.07, 6.45) is 2.23. The molecule has 4 rings (SSSR count). The fourth-order valence-electron chi connectivity index (χ4n) is 4.85. The number of carbonyl (C=O) groups excluding carboxylic acids is 6. The topological polar surface area (TPSA) is 171 Å². The van der Waals surface area contributed by atoms with Crippen LogP contribution in [0, 0.1) is 0 Å². The minimum Gasteiger partial charge on any atom is -0.463 e. The highest BCUT2D eigenvalue weighted by Crippen LogP contribution is 2.31. The molecular formula is C35H34NO13+. The number of nitrogens with zero attached hydrogens (tertiary/aromatic N) is 1. The Morgan fingerprint density at radius 1 is 0.673 bits per heavy atom. The number of benzene rings is 2. The lowest BCUT2D eigenvalue weighted by Crippen LogP contribution is -2.48. The zero-order valence-corrected chi connectivity index (χ0v) is 27.3. The van der Waals surface area contributed by atoms with Crippen LogP contribution in [0.4, 0.5) is 0 Å². The molecule has 2 heterocycles. The van der Waals surface area contributed by atoms with E-state index in [1.54, 1.807) is 60.8 Å². The number of esters is 6. The van der Waals surface area contributed by atoms with Crippen molar-refractivity contribution in [2.45, 2.75) is 59.2 Å². The van der Waals surface area contributed by atoms with Crippen molar-refractivity contribution >= 4 is 48.0 Å². The van der Waals surface area contributed by atoms with E-state index < -0.39 is 60.4 Å². The highest BCUT2D eigenvalue weighted by molar-refractivity contribution is 5.90. The fourth-order valence-corrected chi connectivity index (χ4v) is 4.85. The van der Waals surface area contributed by atoms with E-state index in [-0.39, 0.29) is 29.4 Å². The third-order valence-electron chi connectivity index (χ3n) is 6.68. The van der Waals surface area contributed by atoms with Crippen molar-refractivity contribution in [3.63, 3.8) is 0 Å². The molecule has 0 unspecified atom stereocenters. The van der Waals surface area contributed by atoms with Crippen molar-refractivity contribution in [2.75, 3.05) is 6.61 Å². The Kier molecular flexibility index (Phi) is 11.9. The SMILES string of the molecule is CC(=O)OC[C@H]1O[C@@H]([n+]2cccc(C(=O)Oc3ccc(/C=C/c4cc(OC(C)=O)cc(OC(C)=O)c4)cc3)c2)[C@H](OC(C)=O)[C@@H]1OC(C)=O. The maximum Gasteiger partial charge on any atom is 0.349 e. The predicted molar refractivity (Wildman–Crippen MR) is 168 cm³/mol. The smallest absolute Gasteiger partial charge is 0.349 e. The molecule has 2 aromatic carbocycles. The third kappa shape index (κ3) is 10.6. The van der Waals surface area contributed by atoms with Gasteiger partial charge in [0.15, 0.2) is 18.5 Å². The first kappa shape index (κ1) is 36.0. The van der Waals surface area contributed by atoms with Crippen LogP contribution < -0.4 is 18.8 Å². The number of hydrogen-bond donors (Lipinski definition) is 0. The Labute approximate surface area is 281 Å². The van der Waals surface area contributed by atoms with Gasteiger partial charge in [0.05, 0.1) is 0 Å². The molecule has 4 atom stereocenters. The minimum atomic E-state index is -1.13. The molecule has 14 heteroatoms. The highest BCUT2D eigenvalue weighted by Gasteiger charge is 2.54. The van der Waals surface area contributed by atoms with Crippen LogP contribution in [0.3, 0.4) is 0 Å². The standard InChI is InChI=1S/C35H34NO13/c1-20(37)43-19-31-32(46-23(4)40)33(47-24(5)41)34(49-31)36-14-6-7-27(18-36)35(42)48-28-12-10-25(11-13-28)8-9-26-15-29(44-21(2)38)17-30(16-26)45-22(3)39/h6-18,31-34H,19H2,1-5H3/q+1/b9-8+/t31-,32-,33-,34-/m1/s1. The van der Waals surface area contributed by atoms with Crippen LogP contribution in [-0.2, 0) is 42.9 Å². The summed E-state index contributed by atoms with van der Waals surface area (Å²) in [5.74, 6) is -3.00. The van der Waals surface area contributed by atoms with Crippen molar-refractivity contribution in [3.05, 3.63) is 83.7 Å². The Hall–Kier alpha value is -5.89. The zero-order chi connectivity index (χ0) is 35.7. The molecule has 3 aromatic rings. The predicted octanol–water partition coefficient (Wildman–Crippen LogP) is 3.54. The largest absolute Gasteiger partial charge is 0.463 e. The van der Waals surface area contributed by atoms with E-state index in [4.69, 9.17) is 33.2 Å². The van der Waals surface area contributed by atoms with Gasteiger partial charge in [-0.2, -0.15) is 4.57 Å². The molecule has 1 saturated heterocycles. The quantitative estimate of drug-likeness (QED) is 0.0951. The molecule has 0 saturated carbocycles. The zero-order valence-electron chi connectivity index (χ0n) is 27.3. The number of carbonyl (C=O) groups is 6. The molecule has 1 aliphatic rings. The molecule has 256 valence electrons. The van der Waals surface area contributed by atoms with E-state index in [1.165, 1.54) is 57.5 Å². The lowest BCUT2D eigenvalue weighted by Gasteiger charge is -2.21. The average molecular weight is 677 g/mol. The molecule has 49 heavy (non-hydrogen) atoms. The lowest BCUT2D eigenvalue weighted by atomic mass is 10.1.